The fourth-order valence-electron chi connectivity index (χ4n) is 0.144. The largest absolute Gasteiger partial charge is 0.389 e. The molecule has 0 aliphatic carbocycles. The summed E-state index contributed by atoms with van der Waals surface area (Å²) in [7, 11) is 0. The van der Waals surface area contributed by atoms with Crippen LogP contribution in [0.25, 0.3) is 0 Å². The number of aliphatic hydroxyl groups is 1. The molecule has 7 heavy (non-hydrogen) atoms. The molecule has 0 aliphatic rings. The molecule has 3 N–H and O–H groups in total. The quantitative estimate of drug-likeness (QED) is 0.466. The average Bonchev–Trinajstić information content (AvgIpc) is 1.65. The Hall–Kier alpha value is -0.410. The molecule has 1 unspecified atom stereocenters. The Bertz CT molecular complexity index is 70.1. The highest BCUT2D eigenvalue weighted by atomic mass is 16.3. The fraction of sp³-hybridized carbons (Fsp3) is 0.750. The van der Waals surface area contributed by atoms with Crippen LogP contribution < -0.4 is 5.73 Å². The minimum atomic E-state index is -0.523. The first kappa shape index (κ1) is 6.59. The topological polar surface area (TPSA) is 63.3 Å². The molecule has 0 amide bonds. The third-order valence-corrected chi connectivity index (χ3v) is 0.664. The molecule has 0 bridgehead atoms. The van der Waals surface area contributed by atoms with E-state index in [1.165, 1.54) is 0 Å². The summed E-state index contributed by atoms with van der Waals surface area (Å²) in [6.07, 6.45) is 0. The fourth-order valence-corrected chi connectivity index (χ4v) is 0.144. The van der Waals surface area contributed by atoms with E-state index in [0.717, 1.165) is 0 Å². The second-order valence-corrected chi connectivity index (χ2v) is 1.41. The first-order chi connectivity index (χ1) is 3.18. The van der Waals surface area contributed by atoms with Gasteiger partial charge in [-0.1, -0.05) is 0 Å². The maximum atomic E-state index is 10.1. The Morgan fingerprint density at radius 1 is 2.00 bits per heavy atom. The summed E-state index contributed by atoms with van der Waals surface area (Å²) in [4.78, 5) is 10.1. The van der Waals surface area contributed by atoms with Crippen molar-refractivity contribution < 1.29 is 9.90 Å². The standard InChI is InChI=1S/C4H9NO2/c1-3(5)4(7)2-6/h3,6H,2,5H2,1H3. The SMILES string of the molecule is CC(N)C(=O)CO. The minimum Gasteiger partial charge on any atom is -0.389 e. The van der Waals surface area contributed by atoms with Gasteiger partial charge in [-0.15, -0.1) is 0 Å². The van der Waals surface area contributed by atoms with Gasteiger partial charge in [-0.05, 0) is 6.92 Å². The minimum absolute atomic E-state index is 0.319. The summed E-state index contributed by atoms with van der Waals surface area (Å²) in [6.45, 7) is 1.09. The van der Waals surface area contributed by atoms with E-state index in [2.05, 4.69) is 0 Å². The van der Waals surface area contributed by atoms with Crippen molar-refractivity contribution in [2.45, 2.75) is 13.0 Å². The zero-order chi connectivity index (χ0) is 5.86. The Morgan fingerprint density at radius 3 is 2.43 bits per heavy atom. The Labute approximate surface area is 42.1 Å². The van der Waals surface area contributed by atoms with Gasteiger partial charge in [-0.25, -0.2) is 0 Å². The van der Waals surface area contributed by atoms with E-state index in [1.807, 2.05) is 0 Å². The Morgan fingerprint density at radius 2 is 2.43 bits per heavy atom. The van der Waals surface area contributed by atoms with Gasteiger partial charge in [0, 0.05) is 0 Å². The van der Waals surface area contributed by atoms with Crippen LogP contribution in [0.3, 0.4) is 0 Å². The number of hydrogen-bond acceptors (Lipinski definition) is 3. The molecule has 0 aromatic carbocycles. The summed E-state index contributed by atoms with van der Waals surface area (Å²) in [5, 5.41) is 8.08. The number of carbonyl (C=O) groups excluding carboxylic acids is 1. The third-order valence-electron chi connectivity index (χ3n) is 0.664. The van der Waals surface area contributed by atoms with Gasteiger partial charge in [0.2, 0.25) is 0 Å². The Kier molecular flexibility index (Phi) is 2.55. The molecule has 0 saturated heterocycles. The lowest BCUT2D eigenvalue weighted by Gasteiger charge is -1.96. The maximum Gasteiger partial charge on any atom is 0.174 e. The molecule has 1 atom stereocenters. The first-order valence-electron chi connectivity index (χ1n) is 2.07. The van der Waals surface area contributed by atoms with Crippen molar-refractivity contribution >= 4 is 5.78 Å². The average molecular weight is 103 g/mol. The molecule has 0 rings (SSSR count). The van der Waals surface area contributed by atoms with Crippen molar-refractivity contribution in [2.75, 3.05) is 6.61 Å². The lowest BCUT2D eigenvalue weighted by molar-refractivity contribution is -0.122. The number of ketones is 1. The number of Topliss-reactive ketones (excluding diaryl/α,β-unsaturated/α-hetero) is 1. The van der Waals surface area contributed by atoms with Gasteiger partial charge in [-0.2, -0.15) is 0 Å². The predicted octanol–water partition coefficient (Wildman–Crippen LogP) is -1.10. The van der Waals surface area contributed by atoms with Crippen LogP contribution >= 0.6 is 0 Å². The second-order valence-electron chi connectivity index (χ2n) is 1.41. The zero-order valence-electron chi connectivity index (χ0n) is 4.22. The molecule has 0 saturated carbocycles. The van der Waals surface area contributed by atoms with E-state index in [9.17, 15) is 4.79 Å². The van der Waals surface area contributed by atoms with Gasteiger partial charge >= 0.3 is 0 Å². The van der Waals surface area contributed by atoms with Crippen molar-refractivity contribution in [3.8, 4) is 0 Å². The number of aliphatic hydroxyl groups excluding tert-OH is 1. The normalized spacial score (nSPS) is 13.6. The van der Waals surface area contributed by atoms with Crippen molar-refractivity contribution in [2.24, 2.45) is 5.73 Å². The molecule has 0 aliphatic heterocycles. The molecule has 0 spiro atoms. The van der Waals surface area contributed by atoms with Crippen molar-refractivity contribution in [1.29, 1.82) is 0 Å². The van der Waals surface area contributed by atoms with Gasteiger partial charge < -0.3 is 10.8 Å². The summed E-state index contributed by atoms with van der Waals surface area (Å²) < 4.78 is 0. The van der Waals surface area contributed by atoms with E-state index in [4.69, 9.17) is 10.8 Å². The van der Waals surface area contributed by atoms with Crippen LogP contribution in [0.1, 0.15) is 6.92 Å². The highest BCUT2D eigenvalue weighted by Gasteiger charge is 2.02. The first-order valence-corrected chi connectivity index (χ1v) is 2.07. The van der Waals surface area contributed by atoms with Gasteiger partial charge in [0.25, 0.3) is 0 Å². The molecule has 42 valence electrons. The highest BCUT2D eigenvalue weighted by Crippen LogP contribution is 1.74. The van der Waals surface area contributed by atoms with Crippen LogP contribution in [-0.4, -0.2) is 23.5 Å². The summed E-state index contributed by atoms with van der Waals surface area (Å²) in [5.74, 6) is -0.319. The molecule has 0 heterocycles. The molecule has 0 radical (unpaired) electrons. The van der Waals surface area contributed by atoms with Crippen LogP contribution in [0.4, 0.5) is 0 Å². The van der Waals surface area contributed by atoms with Crippen LogP contribution in [-0.2, 0) is 4.79 Å². The molecular weight excluding hydrogens is 94.0 g/mol. The van der Waals surface area contributed by atoms with E-state index in [-0.39, 0.29) is 5.78 Å². The maximum absolute atomic E-state index is 10.1. The lowest BCUT2D eigenvalue weighted by Crippen LogP contribution is -2.28. The van der Waals surface area contributed by atoms with E-state index < -0.39 is 12.6 Å². The molecule has 0 aromatic heterocycles. The van der Waals surface area contributed by atoms with Gasteiger partial charge in [0.05, 0.1) is 6.04 Å². The van der Waals surface area contributed by atoms with Crippen molar-refractivity contribution in [1.82, 2.24) is 0 Å². The number of hydrogen-bond donors (Lipinski definition) is 2. The Balaban J connectivity index is 3.35. The number of rotatable bonds is 2. The van der Waals surface area contributed by atoms with Crippen LogP contribution in [0.15, 0.2) is 0 Å². The van der Waals surface area contributed by atoms with E-state index in [1.54, 1.807) is 6.92 Å². The van der Waals surface area contributed by atoms with Crippen molar-refractivity contribution in [3.05, 3.63) is 0 Å². The number of nitrogens with two attached hydrogens (primary N) is 1. The molecular formula is C4H9NO2. The summed E-state index contributed by atoms with van der Waals surface area (Å²) in [6, 6.07) is -0.523. The monoisotopic (exact) mass is 103 g/mol. The van der Waals surface area contributed by atoms with E-state index >= 15 is 0 Å². The van der Waals surface area contributed by atoms with Crippen LogP contribution in [0.2, 0.25) is 0 Å². The van der Waals surface area contributed by atoms with E-state index in [0.29, 0.717) is 0 Å². The smallest absolute Gasteiger partial charge is 0.174 e. The van der Waals surface area contributed by atoms with Gasteiger partial charge in [-0.3, -0.25) is 4.79 Å². The zero-order valence-corrected chi connectivity index (χ0v) is 4.22. The highest BCUT2D eigenvalue weighted by molar-refractivity contribution is 5.84. The van der Waals surface area contributed by atoms with Gasteiger partial charge in [0.15, 0.2) is 5.78 Å². The predicted molar refractivity (Wildman–Crippen MR) is 25.7 cm³/mol. The molecule has 3 nitrogen and oxygen atoms in total. The van der Waals surface area contributed by atoms with Crippen LogP contribution in [0, 0.1) is 0 Å². The molecule has 3 heteroatoms. The molecule has 0 aromatic rings. The summed E-state index contributed by atoms with van der Waals surface area (Å²) in [5.41, 5.74) is 5.04. The van der Waals surface area contributed by atoms with Crippen LogP contribution in [0.5, 0.6) is 0 Å². The molecule has 0 fully saturated rings. The van der Waals surface area contributed by atoms with Crippen molar-refractivity contribution in [3.63, 3.8) is 0 Å². The third kappa shape index (κ3) is 2.31. The summed E-state index contributed by atoms with van der Waals surface area (Å²) >= 11 is 0. The van der Waals surface area contributed by atoms with Gasteiger partial charge in [0.1, 0.15) is 6.61 Å². The number of carbonyl (C=O) groups is 1. The lowest BCUT2D eigenvalue weighted by atomic mass is 10.2. The second kappa shape index (κ2) is 2.71.